The molecule has 0 saturated carbocycles. The van der Waals surface area contributed by atoms with Crippen LogP contribution in [0.5, 0.6) is 0 Å². The van der Waals surface area contributed by atoms with Gasteiger partial charge in [0.15, 0.2) is 6.10 Å². The molecule has 0 aromatic rings. The first-order valence-corrected chi connectivity index (χ1v) is 3.50. The zero-order valence-corrected chi connectivity index (χ0v) is 6.44. The van der Waals surface area contributed by atoms with Gasteiger partial charge in [-0.15, -0.1) is 0 Å². The standard InChI is InChI=1S/C7H15NO/c1-6-7(2,3)4-8-5-9-6/h6,8H,4-5H2,1-3H3/p+1. The molecule has 0 aromatic carbocycles. The Labute approximate surface area is 56.6 Å². The number of hydrogen-bond donors (Lipinski definition) is 1. The molecule has 1 fully saturated rings. The molecule has 0 aliphatic carbocycles. The monoisotopic (exact) mass is 130 g/mol. The van der Waals surface area contributed by atoms with Crippen LogP contribution in [0.25, 0.3) is 0 Å². The Morgan fingerprint density at radius 2 is 2.22 bits per heavy atom. The first-order chi connectivity index (χ1) is 4.13. The van der Waals surface area contributed by atoms with Gasteiger partial charge in [-0.05, 0) is 0 Å². The molecule has 2 nitrogen and oxygen atoms in total. The average Bonchev–Trinajstić information content (AvgIpc) is 1.77. The average molecular weight is 130 g/mol. The van der Waals surface area contributed by atoms with Crippen LogP contribution < -0.4 is 5.32 Å². The van der Waals surface area contributed by atoms with E-state index in [0.29, 0.717) is 11.5 Å². The molecule has 1 aliphatic heterocycles. The Kier molecular flexibility index (Phi) is 1.78. The molecule has 0 amide bonds. The molecule has 54 valence electrons. The summed E-state index contributed by atoms with van der Waals surface area (Å²) < 4.78 is 4.37. The fraction of sp³-hybridized carbons (Fsp3) is 1.00. The van der Waals surface area contributed by atoms with Crippen LogP contribution in [0.15, 0.2) is 0 Å². The minimum atomic E-state index is 0.359. The Morgan fingerprint density at radius 1 is 1.56 bits per heavy atom. The lowest BCUT2D eigenvalue weighted by atomic mass is 9.87. The van der Waals surface area contributed by atoms with Crippen LogP contribution in [-0.4, -0.2) is 24.1 Å². The van der Waals surface area contributed by atoms with Crippen molar-refractivity contribution < 1.29 is 4.74 Å². The van der Waals surface area contributed by atoms with Gasteiger partial charge >= 0.3 is 0 Å². The van der Waals surface area contributed by atoms with E-state index in [1.807, 2.05) is 0 Å². The van der Waals surface area contributed by atoms with Gasteiger partial charge in [0.05, 0.1) is 0 Å². The summed E-state index contributed by atoms with van der Waals surface area (Å²) in [7, 11) is 0. The third-order valence-corrected chi connectivity index (χ3v) is 2.19. The van der Waals surface area contributed by atoms with Crippen molar-refractivity contribution in [2.75, 3.05) is 13.3 Å². The molecule has 1 aliphatic rings. The minimum absolute atomic E-state index is 0.359. The molecule has 2 heteroatoms. The van der Waals surface area contributed by atoms with E-state index in [-0.39, 0.29) is 0 Å². The van der Waals surface area contributed by atoms with Crippen molar-refractivity contribution in [3.8, 4) is 0 Å². The summed E-state index contributed by atoms with van der Waals surface area (Å²) in [5, 5.41) is 3.24. The lowest BCUT2D eigenvalue weighted by molar-refractivity contribution is -0.180. The van der Waals surface area contributed by atoms with Crippen molar-refractivity contribution in [2.45, 2.75) is 26.9 Å². The van der Waals surface area contributed by atoms with E-state index in [4.69, 9.17) is 0 Å². The zero-order chi connectivity index (χ0) is 6.91. The molecular formula is C7H16NO+. The number of rotatable bonds is 0. The highest BCUT2D eigenvalue weighted by Crippen LogP contribution is 2.22. The van der Waals surface area contributed by atoms with Gasteiger partial charge in [-0.25, -0.2) is 0 Å². The quantitative estimate of drug-likeness (QED) is 0.474. The van der Waals surface area contributed by atoms with Crippen LogP contribution in [0, 0.1) is 5.41 Å². The summed E-state index contributed by atoms with van der Waals surface area (Å²) in [6.45, 7) is 8.60. The second kappa shape index (κ2) is 2.27. The van der Waals surface area contributed by atoms with Gasteiger partial charge in [-0.1, -0.05) is 13.8 Å². The summed E-state index contributed by atoms with van der Waals surface area (Å²) in [5.74, 6) is 0. The van der Waals surface area contributed by atoms with E-state index in [0.717, 1.165) is 13.3 Å². The molecule has 0 aromatic heterocycles. The molecule has 0 spiro atoms. The molecular weight excluding hydrogens is 114 g/mol. The van der Waals surface area contributed by atoms with E-state index in [1.54, 1.807) is 0 Å². The van der Waals surface area contributed by atoms with E-state index in [1.165, 1.54) is 0 Å². The third kappa shape index (κ3) is 1.43. The molecule has 1 rings (SSSR count). The maximum absolute atomic E-state index is 4.37. The molecule has 2 N–H and O–H groups in total. The van der Waals surface area contributed by atoms with Crippen molar-refractivity contribution >= 4 is 0 Å². The highest BCUT2D eigenvalue weighted by molar-refractivity contribution is 4.79. The SMILES string of the molecule is CC1[OH+]CNCC1(C)C. The number of aliphatic hydroxyl groups is 2. The Bertz CT molecular complexity index is 101. The van der Waals surface area contributed by atoms with Crippen LogP contribution >= 0.6 is 0 Å². The van der Waals surface area contributed by atoms with Crippen molar-refractivity contribution in [1.29, 1.82) is 0 Å². The minimum Gasteiger partial charge on any atom is -0.419 e. The molecule has 0 bridgehead atoms. The smallest absolute Gasteiger partial charge is 0.201 e. The number of ether oxygens (including phenoxy) is 1. The Morgan fingerprint density at radius 3 is 2.56 bits per heavy atom. The van der Waals surface area contributed by atoms with E-state index in [2.05, 4.69) is 30.8 Å². The van der Waals surface area contributed by atoms with Gasteiger partial charge < -0.3 is 4.74 Å². The maximum atomic E-state index is 4.37. The van der Waals surface area contributed by atoms with Crippen LogP contribution in [-0.2, 0) is 0 Å². The van der Waals surface area contributed by atoms with Crippen molar-refractivity contribution in [3.05, 3.63) is 0 Å². The van der Waals surface area contributed by atoms with Gasteiger partial charge in [0.1, 0.15) is 0 Å². The fourth-order valence-corrected chi connectivity index (χ4v) is 0.974. The molecule has 1 heterocycles. The summed E-state index contributed by atoms with van der Waals surface area (Å²) in [4.78, 5) is 0. The van der Waals surface area contributed by atoms with Gasteiger partial charge in [0.2, 0.25) is 6.73 Å². The first kappa shape index (κ1) is 7.03. The normalized spacial score (nSPS) is 34.3. The topological polar surface area (TPSA) is 24.8 Å². The molecule has 1 saturated heterocycles. The predicted molar refractivity (Wildman–Crippen MR) is 38.3 cm³/mol. The molecule has 0 radical (unpaired) electrons. The maximum Gasteiger partial charge on any atom is 0.201 e. The number of hydrogen-bond acceptors (Lipinski definition) is 1. The lowest BCUT2D eigenvalue weighted by Crippen LogP contribution is -2.48. The highest BCUT2D eigenvalue weighted by Gasteiger charge is 2.33. The van der Waals surface area contributed by atoms with Crippen LogP contribution in [0.1, 0.15) is 20.8 Å². The first-order valence-electron chi connectivity index (χ1n) is 3.50. The number of nitrogens with one attached hydrogen (secondary N) is 1. The van der Waals surface area contributed by atoms with Gasteiger partial charge in [0, 0.05) is 18.9 Å². The molecule has 1 atom stereocenters. The zero-order valence-electron chi connectivity index (χ0n) is 6.44. The van der Waals surface area contributed by atoms with E-state index in [9.17, 15) is 0 Å². The second-order valence-electron chi connectivity index (χ2n) is 3.43. The van der Waals surface area contributed by atoms with Gasteiger partial charge in [-0.2, -0.15) is 0 Å². The summed E-state index contributed by atoms with van der Waals surface area (Å²) in [6.07, 6.45) is 0.513. The summed E-state index contributed by atoms with van der Waals surface area (Å²) in [6, 6.07) is 0. The lowest BCUT2D eigenvalue weighted by Gasteiger charge is -2.32. The largest absolute Gasteiger partial charge is 0.419 e. The van der Waals surface area contributed by atoms with Crippen LogP contribution in [0.3, 0.4) is 0 Å². The Balaban J connectivity index is 2.49. The van der Waals surface area contributed by atoms with Crippen molar-refractivity contribution in [2.24, 2.45) is 5.41 Å². The van der Waals surface area contributed by atoms with Gasteiger partial charge in [0.25, 0.3) is 0 Å². The second-order valence-corrected chi connectivity index (χ2v) is 3.43. The molecule has 9 heavy (non-hydrogen) atoms. The predicted octanol–water partition coefficient (Wildman–Crippen LogP) is 0.490. The highest BCUT2D eigenvalue weighted by atomic mass is 16.5. The Hall–Kier alpha value is -0.0800. The van der Waals surface area contributed by atoms with E-state index < -0.39 is 0 Å². The fourth-order valence-electron chi connectivity index (χ4n) is 0.974. The van der Waals surface area contributed by atoms with Crippen LogP contribution in [0.2, 0.25) is 0 Å². The van der Waals surface area contributed by atoms with Crippen LogP contribution in [0.4, 0.5) is 0 Å². The van der Waals surface area contributed by atoms with Crippen molar-refractivity contribution in [3.63, 3.8) is 0 Å². The van der Waals surface area contributed by atoms with Gasteiger partial charge in [-0.3, -0.25) is 5.32 Å². The summed E-state index contributed by atoms with van der Waals surface area (Å²) >= 11 is 0. The third-order valence-electron chi connectivity index (χ3n) is 2.19. The van der Waals surface area contributed by atoms with E-state index >= 15 is 0 Å². The molecule has 1 unspecified atom stereocenters. The van der Waals surface area contributed by atoms with Crippen molar-refractivity contribution in [1.82, 2.24) is 5.32 Å². The summed E-state index contributed by atoms with van der Waals surface area (Å²) in [5.41, 5.74) is 0.359.